The fraction of sp³-hybridized carbons (Fsp3) is 0.636. The third-order valence-electron chi connectivity index (χ3n) is 4.69. The number of rotatable bonds is 5. The molecule has 0 unspecified atom stereocenters. The summed E-state index contributed by atoms with van der Waals surface area (Å²) in [5.74, 6) is 0.671. The number of carbonyl (C=O) groups excluding carboxylic acids is 2. The number of thioether (sulfide) groups is 1. The van der Waals surface area contributed by atoms with E-state index in [1.807, 2.05) is 25.7 Å². The highest BCUT2D eigenvalue weighted by molar-refractivity contribution is 8.00. The van der Waals surface area contributed by atoms with Crippen LogP contribution in [0.1, 0.15) is 47.1 Å². The zero-order chi connectivity index (χ0) is 20.9. The Labute approximate surface area is 174 Å². The van der Waals surface area contributed by atoms with Gasteiger partial charge in [0.15, 0.2) is 0 Å². The van der Waals surface area contributed by atoms with Gasteiger partial charge in [-0.25, -0.2) is 0 Å². The molecule has 6 heteroatoms. The minimum atomic E-state index is -0.211. The van der Waals surface area contributed by atoms with Crippen LogP contribution in [0, 0.1) is 0 Å². The van der Waals surface area contributed by atoms with E-state index in [4.69, 9.17) is 0 Å². The van der Waals surface area contributed by atoms with Crippen molar-refractivity contribution in [2.24, 2.45) is 0 Å². The van der Waals surface area contributed by atoms with E-state index in [1.165, 1.54) is 5.56 Å². The molecule has 156 valence electrons. The van der Waals surface area contributed by atoms with Gasteiger partial charge in [-0.15, -0.1) is 11.8 Å². The number of piperazine rings is 1. The van der Waals surface area contributed by atoms with Crippen molar-refractivity contribution >= 4 is 23.6 Å². The highest BCUT2D eigenvalue weighted by Gasteiger charge is 2.23. The maximum atomic E-state index is 12.5. The van der Waals surface area contributed by atoms with E-state index in [0.29, 0.717) is 25.4 Å². The molecular weight excluding hydrogens is 370 g/mol. The lowest BCUT2D eigenvalue weighted by molar-refractivity contribution is -0.130. The molecule has 2 amide bonds. The summed E-state index contributed by atoms with van der Waals surface area (Å²) in [4.78, 5) is 29.7. The van der Waals surface area contributed by atoms with Gasteiger partial charge in [0.25, 0.3) is 0 Å². The third-order valence-corrected chi connectivity index (χ3v) is 5.69. The Morgan fingerprint density at radius 2 is 1.54 bits per heavy atom. The van der Waals surface area contributed by atoms with Gasteiger partial charge in [0, 0.05) is 36.6 Å². The molecule has 28 heavy (non-hydrogen) atoms. The molecule has 2 rings (SSSR count). The SMILES string of the molecule is CC(C)(C)NC(=O)CN1CCN(C(=O)CSc2ccc(C(C)(C)C)cc2)CC1. The van der Waals surface area contributed by atoms with Gasteiger partial charge >= 0.3 is 0 Å². The van der Waals surface area contributed by atoms with Crippen LogP contribution in [-0.4, -0.2) is 65.6 Å². The maximum absolute atomic E-state index is 12.5. The van der Waals surface area contributed by atoms with E-state index in [-0.39, 0.29) is 22.8 Å². The minimum Gasteiger partial charge on any atom is -0.350 e. The molecular formula is C22H35N3O2S. The third kappa shape index (κ3) is 7.47. The molecule has 5 nitrogen and oxygen atoms in total. The fourth-order valence-electron chi connectivity index (χ4n) is 3.10. The van der Waals surface area contributed by atoms with Crippen LogP contribution in [-0.2, 0) is 15.0 Å². The monoisotopic (exact) mass is 405 g/mol. The fourth-order valence-corrected chi connectivity index (χ4v) is 3.91. The van der Waals surface area contributed by atoms with Gasteiger partial charge in [-0.3, -0.25) is 14.5 Å². The van der Waals surface area contributed by atoms with E-state index in [2.05, 4.69) is 55.3 Å². The number of carbonyl (C=O) groups is 2. The normalized spacial score (nSPS) is 16.1. The van der Waals surface area contributed by atoms with Crippen LogP contribution in [0.2, 0.25) is 0 Å². The Kier molecular flexibility index (Phi) is 7.57. The van der Waals surface area contributed by atoms with Crippen molar-refractivity contribution in [2.75, 3.05) is 38.5 Å². The summed E-state index contributed by atoms with van der Waals surface area (Å²) in [5.41, 5.74) is 1.23. The first-order valence-electron chi connectivity index (χ1n) is 9.98. The Morgan fingerprint density at radius 1 is 0.964 bits per heavy atom. The second-order valence-corrected chi connectivity index (χ2v) is 10.6. The molecule has 0 atom stereocenters. The van der Waals surface area contributed by atoms with Crippen molar-refractivity contribution < 1.29 is 9.59 Å². The quantitative estimate of drug-likeness (QED) is 0.765. The maximum Gasteiger partial charge on any atom is 0.234 e. The van der Waals surface area contributed by atoms with Crippen molar-refractivity contribution in [3.05, 3.63) is 29.8 Å². The van der Waals surface area contributed by atoms with Crippen LogP contribution < -0.4 is 5.32 Å². The molecule has 0 aliphatic carbocycles. The summed E-state index contributed by atoms with van der Waals surface area (Å²) >= 11 is 1.59. The molecule has 0 aromatic heterocycles. The number of nitrogens with one attached hydrogen (secondary N) is 1. The Hall–Kier alpha value is -1.53. The second kappa shape index (κ2) is 9.31. The van der Waals surface area contributed by atoms with Crippen molar-refractivity contribution in [2.45, 2.75) is 57.4 Å². The number of hydrogen-bond acceptors (Lipinski definition) is 4. The van der Waals surface area contributed by atoms with E-state index >= 15 is 0 Å². The van der Waals surface area contributed by atoms with E-state index in [1.54, 1.807) is 11.8 Å². The first-order chi connectivity index (χ1) is 12.9. The highest BCUT2D eigenvalue weighted by atomic mass is 32.2. The summed E-state index contributed by atoms with van der Waals surface area (Å²) < 4.78 is 0. The van der Waals surface area contributed by atoms with E-state index < -0.39 is 0 Å². The van der Waals surface area contributed by atoms with Crippen LogP contribution in [0.3, 0.4) is 0 Å². The van der Waals surface area contributed by atoms with Gasteiger partial charge in [-0.1, -0.05) is 32.9 Å². The summed E-state index contributed by atoms with van der Waals surface area (Å²) in [7, 11) is 0. The van der Waals surface area contributed by atoms with Crippen LogP contribution in [0.15, 0.2) is 29.2 Å². The molecule has 0 bridgehead atoms. The zero-order valence-corrected chi connectivity index (χ0v) is 19.0. The molecule has 1 aromatic carbocycles. The summed E-state index contributed by atoms with van der Waals surface area (Å²) in [6.45, 7) is 15.8. The highest BCUT2D eigenvalue weighted by Crippen LogP contribution is 2.25. The van der Waals surface area contributed by atoms with Gasteiger partial charge in [0.1, 0.15) is 0 Å². The van der Waals surface area contributed by atoms with Crippen LogP contribution in [0.4, 0.5) is 0 Å². The summed E-state index contributed by atoms with van der Waals surface area (Å²) in [6, 6.07) is 8.50. The molecule has 0 spiro atoms. The average molecular weight is 406 g/mol. The van der Waals surface area contributed by atoms with Crippen molar-refractivity contribution in [3.8, 4) is 0 Å². The molecule has 1 aliphatic heterocycles. The Morgan fingerprint density at radius 3 is 2.04 bits per heavy atom. The first kappa shape index (κ1) is 22.8. The standard InChI is InChI=1S/C22H35N3O2S/c1-21(2,3)17-7-9-18(10-8-17)28-16-20(27)25-13-11-24(12-14-25)15-19(26)23-22(4,5)6/h7-10H,11-16H2,1-6H3,(H,23,26). The van der Waals surface area contributed by atoms with Gasteiger partial charge in [0.2, 0.25) is 11.8 Å². The number of nitrogens with zero attached hydrogens (tertiary/aromatic N) is 2. The number of hydrogen-bond donors (Lipinski definition) is 1. The van der Waals surface area contributed by atoms with E-state index in [0.717, 1.165) is 18.0 Å². The molecule has 1 heterocycles. The largest absolute Gasteiger partial charge is 0.350 e. The van der Waals surface area contributed by atoms with Crippen LogP contribution in [0.25, 0.3) is 0 Å². The molecule has 0 radical (unpaired) electrons. The lowest BCUT2D eigenvalue weighted by Crippen LogP contribution is -2.53. The van der Waals surface area contributed by atoms with Crippen molar-refractivity contribution in [3.63, 3.8) is 0 Å². The molecule has 1 fully saturated rings. The molecule has 0 saturated carbocycles. The predicted octanol–water partition coefficient (Wildman–Crippen LogP) is 3.14. The Balaban J connectivity index is 1.74. The number of amides is 2. The molecule has 1 aromatic rings. The zero-order valence-electron chi connectivity index (χ0n) is 18.2. The smallest absolute Gasteiger partial charge is 0.234 e. The van der Waals surface area contributed by atoms with Gasteiger partial charge in [0.05, 0.1) is 12.3 Å². The molecule has 1 aliphatic rings. The number of benzene rings is 1. The van der Waals surface area contributed by atoms with E-state index in [9.17, 15) is 9.59 Å². The Bertz CT molecular complexity index is 667. The lowest BCUT2D eigenvalue weighted by atomic mass is 9.87. The van der Waals surface area contributed by atoms with Crippen molar-refractivity contribution in [1.29, 1.82) is 0 Å². The summed E-state index contributed by atoms with van der Waals surface area (Å²) in [5, 5.41) is 2.99. The van der Waals surface area contributed by atoms with Crippen LogP contribution in [0.5, 0.6) is 0 Å². The average Bonchev–Trinajstić information content (AvgIpc) is 2.58. The van der Waals surface area contributed by atoms with Crippen LogP contribution >= 0.6 is 11.8 Å². The summed E-state index contributed by atoms with van der Waals surface area (Å²) in [6.07, 6.45) is 0. The molecule has 1 saturated heterocycles. The minimum absolute atomic E-state index is 0.0431. The topological polar surface area (TPSA) is 52.7 Å². The van der Waals surface area contributed by atoms with Gasteiger partial charge in [-0.2, -0.15) is 0 Å². The van der Waals surface area contributed by atoms with Gasteiger partial charge < -0.3 is 10.2 Å². The first-order valence-corrected chi connectivity index (χ1v) is 11.0. The lowest BCUT2D eigenvalue weighted by Gasteiger charge is -2.35. The molecule has 1 N–H and O–H groups in total. The predicted molar refractivity (Wildman–Crippen MR) is 117 cm³/mol. The van der Waals surface area contributed by atoms with Gasteiger partial charge in [-0.05, 0) is 43.9 Å². The van der Waals surface area contributed by atoms with Crippen molar-refractivity contribution in [1.82, 2.24) is 15.1 Å². The second-order valence-electron chi connectivity index (χ2n) is 9.52.